The van der Waals surface area contributed by atoms with Gasteiger partial charge in [-0.2, -0.15) is 0 Å². The van der Waals surface area contributed by atoms with Gasteiger partial charge in [-0.25, -0.2) is 0 Å². The van der Waals surface area contributed by atoms with Crippen LogP contribution in [0.25, 0.3) is 0 Å². The van der Waals surface area contributed by atoms with E-state index in [1.54, 1.807) is 14.2 Å². The van der Waals surface area contributed by atoms with Crippen molar-refractivity contribution in [2.24, 2.45) is 0 Å². The molecule has 0 saturated carbocycles. The Labute approximate surface area is 141 Å². The minimum Gasteiger partial charge on any atom is -0.496 e. The Kier molecular flexibility index (Phi) is 5.67. The van der Waals surface area contributed by atoms with E-state index in [0.717, 1.165) is 25.8 Å². The number of rotatable bonds is 5. The lowest BCUT2D eigenvalue weighted by Crippen LogP contribution is -2.04. The van der Waals surface area contributed by atoms with Crippen molar-refractivity contribution in [1.29, 1.82) is 0 Å². The van der Waals surface area contributed by atoms with Crippen LogP contribution in [-0.2, 0) is 6.42 Å². The van der Waals surface area contributed by atoms with E-state index >= 15 is 0 Å². The van der Waals surface area contributed by atoms with Crippen molar-refractivity contribution in [2.75, 3.05) is 14.2 Å². The molecule has 0 aliphatic heterocycles. The van der Waals surface area contributed by atoms with Gasteiger partial charge < -0.3 is 14.6 Å². The predicted octanol–water partition coefficient (Wildman–Crippen LogP) is 4.50. The van der Waals surface area contributed by atoms with Crippen LogP contribution in [0.15, 0.2) is 45.3 Å². The topological polar surface area (TPSA) is 38.7 Å². The van der Waals surface area contributed by atoms with E-state index in [0.29, 0.717) is 12.2 Å². The number of methoxy groups -OCH3 is 2. The van der Waals surface area contributed by atoms with Crippen molar-refractivity contribution in [3.05, 3.63) is 56.5 Å². The van der Waals surface area contributed by atoms with Gasteiger partial charge in [0.2, 0.25) is 0 Å². The molecule has 2 aromatic rings. The van der Waals surface area contributed by atoms with E-state index in [2.05, 4.69) is 31.9 Å². The molecule has 0 saturated heterocycles. The summed E-state index contributed by atoms with van der Waals surface area (Å²) >= 11 is 6.85. The summed E-state index contributed by atoms with van der Waals surface area (Å²) in [5.74, 6) is 1.44. The summed E-state index contributed by atoms with van der Waals surface area (Å²) in [5.41, 5.74) is 1.78. The molecule has 21 heavy (non-hydrogen) atoms. The van der Waals surface area contributed by atoms with Crippen LogP contribution < -0.4 is 9.47 Å². The lowest BCUT2D eigenvalue weighted by molar-refractivity contribution is 0.174. The van der Waals surface area contributed by atoms with Crippen molar-refractivity contribution in [3.63, 3.8) is 0 Å². The molecule has 0 aliphatic carbocycles. The van der Waals surface area contributed by atoms with E-state index < -0.39 is 6.10 Å². The summed E-state index contributed by atoms with van der Waals surface area (Å²) in [6.45, 7) is 0. The van der Waals surface area contributed by atoms with Gasteiger partial charge in [-0.3, -0.25) is 0 Å². The van der Waals surface area contributed by atoms with E-state index in [-0.39, 0.29) is 0 Å². The van der Waals surface area contributed by atoms with Gasteiger partial charge >= 0.3 is 0 Å². The predicted molar refractivity (Wildman–Crippen MR) is 90.1 cm³/mol. The molecule has 5 heteroatoms. The molecule has 112 valence electrons. The molecular formula is C16H16Br2O3. The Bertz CT molecular complexity index is 629. The summed E-state index contributed by atoms with van der Waals surface area (Å²) in [4.78, 5) is 0. The Morgan fingerprint density at radius 1 is 1.00 bits per heavy atom. The molecule has 0 amide bonds. The molecule has 0 spiro atoms. The highest BCUT2D eigenvalue weighted by Gasteiger charge is 2.15. The molecule has 0 heterocycles. The quantitative estimate of drug-likeness (QED) is 0.780. The van der Waals surface area contributed by atoms with Gasteiger partial charge in [-0.05, 0) is 45.8 Å². The van der Waals surface area contributed by atoms with Crippen molar-refractivity contribution >= 4 is 31.9 Å². The van der Waals surface area contributed by atoms with Crippen LogP contribution in [0.3, 0.4) is 0 Å². The molecule has 0 bridgehead atoms. The fourth-order valence-electron chi connectivity index (χ4n) is 2.13. The minimum absolute atomic E-state index is 0.501. The second-order valence-corrected chi connectivity index (χ2v) is 6.35. The Balaban J connectivity index is 2.21. The monoisotopic (exact) mass is 414 g/mol. The van der Waals surface area contributed by atoms with E-state index in [9.17, 15) is 5.11 Å². The first kappa shape index (κ1) is 16.3. The highest BCUT2D eigenvalue weighted by atomic mass is 79.9. The van der Waals surface area contributed by atoms with Gasteiger partial charge in [0.25, 0.3) is 0 Å². The fourth-order valence-corrected chi connectivity index (χ4v) is 3.06. The third-order valence-electron chi connectivity index (χ3n) is 3.20. The second-order valence-electron chi connectivity index (χ2n) is 4.58. The molecule has 1 unspecified atom stereocenters. The zero-order chi connectivity index (χ0) is 15.4. The van der Waals surface area contributed by atoms with Crippen molar-refractivity contribution < 1.29 is 14.6 Å². The maximum absolute atomic E-state index is 10.5. The zero-order valence-corrected chi connectivity index (χ0v) is 14.9. The summed E-state index contributed by atoms with van der Waals surface area (Å²) in [7, 11) is 3.23. The van der Waals surface area contributed by atoms with Gasteiger partial charge in [0.05, 0.1) is 24.8 Å². The van der Waals surface area contributed by atoms with Gasteiger partial charge in [0, 0.05) is 16.5 Å². The maximum Gasteiger partial charge on any atom is 0.133 e. The van der Waals surface area contributed by atoms with Crippen molar-refractivity contribution in [1.82, 2.24) is 0 Å². The highest BCUT2D eigenvalue weighted by Crippen LogP contribution is 2.32. The molecule has 2 rings (SSSR count). The minimum atomic E-state index is -0.631. The van der Waals surface area contributed by atoms with Crippen LogP contribution >= 0.6 is 31.9 Å². The molecule has 0 aromatic heterocycles. The number of aliphatic hydroxyl groups is 1. The van der Waals surface area contributed by atoms with E-state index in [1.165, 1.54) is 0 Å². The van der Waals surface area contributed by atoms with Crippen LogP contribution in [0.1, 0.15) is 17.2 Å². The van der Waals surface area contributed by atoms with Crippen LogP contribution in [0.4, 0.5) is 0 Å². The van der Waals surface area contributed by atoms with Gasteiger partial charge in [-0.15, -0.1) is 0 Å². The normalized spacial score (nSPS) is 12.0. The number of aliphatic hydroxyl groups excluding tert-OH is 1. The van der Waals surface area contributed by atoms with E-state index in [4.69, 9.17) is 9.47 Å². The molecule has 0 aliphatic rings. The van der Waals surface area contributed by atoms with Crippen molar-refractivity contribution in [2.45, 2.75) is 12.5 Å². The summed E-state index contributed by atoms with van der Waals surface area (Å²) in [6, 6.07) is 11.4. The SMILES string of the molecule is COc1ccc(CC(O)c2ccc(Br)cc2OC)cc1Br. The lowest BCUT2D eigenvalue weighted by Gasteiger charge is -2.16. The average molecular weight is 416 g/mol. The van der Waals surface area contributed by atoms with Crippen LogP contribution in [-0.4, -0.2) is 19.3 Å². The third-order valence-corrected chi connectivity index (χ3v) is 4.31. The highest BCUT2D eigenvalue weighted by molar-refractivity contribution is 9.10. The van der Waals surface area contributed by atoms with Crippen LogP contribution in [0, 0.1) is 0 Å². The summed E-state index contributed by atoms with van der Waals surface area (Å²) in [5, 5.41) is 10.5. The fraction of sp³-hybridized carbons (Fsp3) is 0.250. The molecule has 0 radical (unpaired) electrons. The third kappa shape index (κ3) is 3.99. The Morgan fingerprint density at radius 2 is 1.71 bits per heavy atom. The van der Waals surface area contributed by atoms with E-state index in [1.807, 2.05) is 36.4 Å². The van der Waals surface area contributed by atoms with Crippen molar-refractivity contribution in [3.8, 4) is 11.5 Å². The summed E-state index contributed by atoms with van der Waals surface area (Å²) in [6.07, 6.45) is -0.131. The molecule has 1 atom stereocenters. The Hall–Kier alpha value is -1.04. The summed E-state index contributed by atoms with van der Waals surface area (Å²) < 4.78 is 12.3. The first-order valence-corrected chi connectivity index (χ1v) is 7.97. The molecule has 1 N–H and O–H groups in total. The number of hydrogen-bond acceptors (Lipinski definition) is 3. The largest absolute Gasteiger partial charge is 0.496 e. The number of ether oxygens (including phenoxy) is 2. The van der Waals surface area contributed by atoms with Crippen LogP contribution in [0.2, 0.25) is 0 Å². The first-order valence-electron chi connectivity index (χ1n) is 6.39. The smallest absolute Gasteiger partial charge is 0.133 e. The average Bonchev–Trinajstić information content (AvgIpc) is 2.47. The lowest BCUT2D eigenvalue weighted by atomic mass is 10.0. The molecule has 3 nitrogen and oxygen atoms in total. The van der Waals surface area contributed by atoms with Crippen LogP contribution in [0.5, 0.6) is 11.5 Å². The zero-order valence-electron chi connectivity index (χ0n) is 11.8. The van der Waals surface area contributed by atoms with Gasteiger partial charge in [0.15, 0.2) is 0 Å². The number of benzene rings is 2. The second kappa shape index (κ2) is 7.29. The first-order chi connectivity index (χ1) is 10.0. The molecular weight excluding hydrogens is 400 g/mol. The molecule has 0 fully saturated rings. The van der Waals surface area contributed by atoms with Gasteiger partial charge in [-0.1, -0.05) is 28.1 Å². The number of halogens is 2. The standard InChI is InChI=1S/C16H16Br2O3/c1-20-15-6-3-10(7-13(15)18)8-14(19)12-5-4-11(17)9-16(12)21-2/h3-7,9,14,19H,8H2,1-2H3. The number of hydrogen-bond donors (Lipinski definition) is 1. The maximum atomic E-state index is 10.5. The Morgan fingerprint density at radius 3 is 2.33 bits per heavy atom. The molecule has 2 aromatic carbocycles. The van der Waals surface area contributed by atoms with Gasteiger partial charge in [0.1, 0.15) is 11.5 Å².